The van der Waals surface area contributed by atoms with Gasteiger partial charge in [-0.15, -0.1) is 0 Å². The van der Waals surface area contributed by atoms with E-state index < -0.39 is 4.92 Å². The number of ether oxygens (including phenoxy) is 1. The lowest BCUT2D eigenvalue weighted by atomic mass is 10.2. The molecule has 1 N–H and O–H groups in total. The van der Waals surface area contributed by atoms with Gasteiger partial charge >= 0.3 is 0 Å². The van der Waals surface area contributed by atoms with E-state index in [1.54, 1.807) is 42.5 Å². The molecule has 1 aliphatic rings. The van der Waals surface area contributed by atoms with E-state index in [1.807, 2.05) is 6.92 Å². The van der Waals surface area contributed by atoms with E-state index >= 15 is 0 Å². The second kappa shape index (κ2) is 9.51. The van der Waals surface area contributed by atoms with E-state index in [4.69, 9.17) is 17.0 Å². The molecule has 2 amide bonds. The van der Waals surface area contributed by atoms with Crippen LogP contribution in [0.5, 0.6) is 5.75 Å². The lowest BCUT2D eigenvalue weighted by Gasteiger charge is -2.14. The molecule has 0 radical (unpaired) electrons. The quantitative estimate of drug-likeness (QED) is 0.300. The Kier molecular flexibility index (Phi) is 6.80. The maximum Gasteiger partial charge on any atom is 0.269 e. The fourth-order valence-corrected chi connectivity index (χ4v) is 3.88. The zero-order chi connectivity index (χ0) is 21.7. The van der Waals surface area contributed by atoms with Crippen LogP contribution in [0.15, 0.2) is 53.4 Å². The Balaban J connectivity index is 1.64. The van der Waals surface area contributed by atoms with Gasteiger partial charge in [0.15, 0.2) is 0 Å². The van der Waals surface area contributed by atoms with Crippen molar-refractivity contribution < 1.29 is 19.2 Å². The molecule has 0 bridgehead atoms. The summed E-state index contributed by atoms with van der Waals surface area (Å²) in [6.45, 7) is 2.22. The average Bonchev–Trinajstić information content (AvgIpc) is 2.97. The van der Waals surface area contributed by atoms with Gasteiger partial charge in [-0.05, 0) is 55.0 Å². The number of nitro benzene ring substituents is 1. The fraction of sp³-hybridized carbons (Fsp3) is 0.150. The Labute approximate surface area is 182 Å². The van der Waals surface area contributed by atoms with Crippen molar-refractivity contribution >= 4 is 57.6 Å². The van der Waals surface area contributed by atoms with E-state index in [2.05, 4.69) is 5.32 Å². The Morgan fingerprint density at radius 2 is 1.90 bits per heavy atom. The highest BCUT2D eigenvalue weighted by molar-refractivity contribution is 8.26. The molecular formula is C20H17N3O5S2. The number of rotatable bonds is 7. The second-order valence-electron chi connectivity index (χ2n) is 6.12. The highest BCUT2D eigenvalue weighted by atomic mass is 32.2. The van der Waals surface area contributed by atoms with Crippen molar-refractivity contribution in [3.8, 4) is 5.75 Å². The minimum atomic E-state index is -0.494. The number of nitrogens with zero attached hydrogens (tertiary/aromatic N) is 2. The first-order valence-electron chi connectivity index (χ1n) is 8.90. The van der Waals surface area contributed by atoms with E-state index in [-0.39, 0.29) is 28.4 Å². The van der Waals surface area contributed by atoms with Gasteiger partial charge < -0.3 is 10.1 Å². The van der Waals surface area contributed by atoms with E-state index in [9.17, 15) is 19.7 Å². The Morgan fingerprint density at radius 1 is 1.23 bits per heavy atom. The molecule has 0 saturated carbocycles. The van der Waals surface area contributed by atoms with Crippen LogP contribution in [0.4, 0.5) is 11.4 Å². The minimum Gasteiger partial charge on any atom is -0.494 e. The van der Waals surface area contributed by atoms with E-state index in [0.29, 0.717) is 28.5 Å². The van der Waals surface area contributed by atoms with Crippen LogP contribution >= 0.6 is 24.0 Å². The standard InChI is InChI=1S/C20H17N3O5S2/c1-2-28-16-9-5-14(6-10-16)21-18(24)12-22-19(25)17(30-20(22)29)11-13-3-7-15(8-4-13)23(26)27/h3-11H,2,12H2,1H3,(H,21,24)/b17-11-. The Bertz CT molecular complexity index is 1020. The van der Waals surface area contributed by atoms with Gasteiger partial charge in [-0.25, -0.2) is 0 Å². The van der Waals surface area contributed by atoms with Crippen LogP contribution in [0.2, 0.25) is 0 Å². The monoisotopic (exact) mass is 443 g/mol. The molecule has 1 fully saturated rings. The molecule has 0 atom stereocenters. The molecule has 0 spiro atoms. The third-order valence-corrected chi connectivity index (χ3v) is 5.40. The van der Waals surface area contributed by atoms with Crippen molar-refractivity contribution in [2.75, 3.05) is 18.5 Å². The molecule has 0 aliphatic carbocycles. The first-order valence-corrected chi connectivity index (χ1v) is 10.1. The lowest BCUT2D eigenvalue weighted by molar-refractivity contribution is -0.384. The van der Waals surface area contributed by atoms with Crippen LogP contribution in [0, 0.1) is 10.1 Å². The number of thiocarbonyl (C=S) groups is 1. The van der Waals surface area contributed by atoms with Gasteiger partial charge in [0.1, 0.15) is 16.6 Å². The predicted molar refractivity (Wildman–Crippen MR) is 119 cm³/mol. The van der Waals surface area contributed by atoms with Gasteiger partial charge in [0, 0.05) is 17.8 Å². The second-order valence-corrected chi connectivity index (χ2v) is 7.80. The number of anilines is 1. The highest BCUT2D eigenvalue weighted by Gasteiger charge is 2.33. The van der Waals surface area contributed by atoms with Crippen LogP contribution in [0.1, 0.15) is 12.5 Å². The van der Waals surface area contributed by atoms with Crippen molar-refractivity contribution in [1.29, 1.82) is 0 Å². The number of carbonyl (C=O) groups is 2. The summed E-state index contributed by atoms with van der Waals surface area (Å²) < 4.78 is 5.63. The van der Waals surface area contributed by atoms with E-state index in [1.165, 1.54) is 17.0 Å². The van der Waals surface area contributed by atoms with Gasteiger partial charge in [0.2, 0.25) is 5.91 Å². The lowest BCUT2D eigenvalue weighted by Crippen LogP contribution is -2.36. The summed E-state index contributed by atoms with van der Waals surface area (Å²) in [5, 5.41) is 13.5. The summed E-state index contributed by atoms with van der Waals surface area (Å²) in [5.41, 5.74) is 1.17. The molecule has 1 heterocycles. The first-order chi connectivity index (χ1) is 14.4. The van der Waals surface area contributed by atoms with Gasteiger partial charge in [-0.2, -0.15) is 0 Å². The molecule has 10 heteroatoms. The summed E-state index contributed by atoms with van der Waals surface area (Å²) in [5.74, 6) is -0.0685. The molecular weight excluding hydrogens is 426 g/mol. The van der Waals surface area contributed by atoms with Crippen LogP contribution in [0.3, 0.4) is 0 Å². The first kappa shape index (κ1) is 21.5. The molecule has 2 aromatic carbocycles. The summed E-state index contributed by atoms with van der Waals surface area (Å²) in [6.07, 6.45) is 1.59. The molecule has 2 aromatic rings. The Hall–Kier alpha value is -3.24. The predicted octanol–water partition coefficient (Wildman–Crippen LogP) is 3.83. The number of hydrogen-bond acceptors (Lipinski definition) is 7. The summed E-state index contributed by atoms with van der Waals surface area (Å²) >= 11 is 6.32. The van der Waals surface area contributed by atoms with Crippen molar-refractivity contribution in [2.45, 2.75) is 6.92 Å². The number of nitrogens with one attached hydrogen (secondary N) is 1. The number of thioether (sulfide) groups is 1. The van der Waals surface area contributed by atoms with Crippen molar-refractivity contribution in [3.63, 3.8) is 0 Å². The molecule has 1 saturated heterocycles. The maximum absolute atomic E-state index is 12.6. The number of nitro groups is 1. The van der Waals surface area contributed by atoms with Gasteiger partial charge in [0.25, 0.3) is 11.6 Å². The average molecular weight is 444 g/mol. The van der Waals surface area contributed by atoms with Gasteiger partial charge in [-0.1, -0.05) is 24.0 Å². The zero-order valence-corrected chi connectivity index (χ0v) is 17.5. The van der Waals surface area contributed by atoms with E-state index in [0.717, 1.165) is 11.8 Å². The number of non-ortho nitro benzene ring substituents is 1. The van der Waals surface area contributed by atoms with Crippen molar-refractivity contribution in [1.82, 2.24) is 4.90 Å². The third kappa shape index (κ3) is 5.22. The topological polar surface area (TPSA) is 102 Å². The number of hydrogen-bond donors (Lipinski definition) is 1. The molecule has 0 unspecified atom stereocenters. The number of benzene rings is 2. The van der Waals surface area contributed by atoms with Crippen molar-refractivity contribution in [2.24, 2.45) is 0 Å². The zero-order valence-electron chi connectivity index (χ0n) is 15.9. The smallest absolute Gasteiger partial charge is 0.269 e. The van der Waals surface area contributed by atoms with Crippen LogP contribution in [-0.4, -0.2) is 39.1 Å². The Morgan fingerprint density at radius 3 is 2.50 bits per heavy atom. The van der Waals surface area contributed by atoms with Crippen LogP contribution in [-0.2, 0) is 9.59 Å². The molecule has 0 aromatic heterocycles. The molecule has 8 nitrogen and oxygen atoms in total. The van der Waals surface area contributed by atoms with Gasteiger partial charge in [-0.3, -0.25) is 24.6 Å². The van der Waals surface area contributed by atoms with Gasteiger partial charge in [0.05, 0.1) is 16.4 Å². The fourth-order valence-electron chi connectivity index (χ4n) is 2.63. The third-order valence-electron chi connectivity index (χ3n) is 4.03. The van der Waals surface area contributed by atoms with Crippen LogP contribution in [0.25, 0.3) is 6.08 Å². The van der Waals surface area contributed by atoms with Crippen LogP contribution < -0.4 is 10.1 Å². The SMILES string of the molecule is CCOc1ccc(NC(=O)CN2C(=O)/C(=C/c3ccc([N+](=O)[O-])cc3)SC2=S)cc1. The summed E-state index contributed by atoms with van der Waals surface area (Å²) in [7, 11) is 0. The number of carbonyl (C=O) groups excluding carboxylic acids is 2. The largest absolute Gasteiger partial charge is 0.494 e. The normalized spacial score (nSPS) is 14.8. The molecule has 1 aliphatic heterocycles. The number of amides is 2. The molecule has 154 valence electrons. The summed E-state index contributed by atoms with van der Waals surface area (Å²) in [4.78, 5) is 36.8. The van der Waals surface area contributed by atoms with Crippen molar-refractivity contribution in [3.05, 3.63) is 69.1 Å². The highest BCUT2D eigenvalue weighted by Crippen LogP contribution is 2.32. The minimum absolute atomic E-state index is 0.0364. The maximum atomic E-state index is 12.6. The summed E-state index contributed by atoms with van der Waals surface area (Å²) in [6, 6.07) is 12.7. The molecule has 30 heavy (non-hydrogen) atoms. The molecule has 3 rings (SSSR count).